The largest absolute Gasteiger partial charge is 0.333 e. The van der Waals surface area contributed by atoms with Gasteiger partial charge >= 0.3 is 0 Å². The van der Waals surface area contributed by atoms with E-state index in [-0.39, 0.29) is 36.0 Å². The maximum Gasteiger partial charge on any atom is 0.254 e. The van der Waals surface area contributed by atoms with Crippen molar-refractivity contribution in [2.45, 2.75) is 51.9 Å². The third kappa shape index (κ3) is 3.91. The monoisotopic (exact) mass is 358 g/mol. The van der Waals surface area contributed by atoms with Crippen molar-refractivity contribution in [3.63, 3.8) is 0 Å². The summed E-state index contributed by atoms with van der Waals surface area (Å²) in [6, 6.07) is 8.03. The normalized spacial score (nSPS) is 29.5. The average molecular weight is 358 g/mol. The highest BCUT2D eigenvalue weighted by molar-refractivity contribution is 6.00. The molecule has 1 aromatic rings. The lowest BCUT2D eigenvalue weighted by molar-refractivity contribution is 0.0613. The molecule has 2 saturated heterocycles. The van der Waals surface area contributed by atoms with Crippen LogP contribution in [0.5, 0.6) is 0 Å². The van der Waals surface area contributed by atoms with Crippen molar-refractivity contribution in [1.82, 2.24) is 20.4 Å². The van der Waals surface area contributed by atoms with Crippen molar-refractivity contribution in [2.24, 2.45) is 0 Å². The highest BCUT2D eigenvalue weighted by Gasteiger charge is 2.30. The third-order valence-corrected chi connectivity index (χ3v) is 5.41. The molecule has 142 valence electrons. The minimum absolute atomic E-state index is 0.00206. The first-order valence-corrected chi connectivity index (χ1v) is 9.55. The molecule has 6 nitrogen and oxygen atoms in total. The number of piperazine rings is 2. The molecule has 1 aromatic carbocycles. The second-order valence-corrected chi connectivity index (χ2v) is 7.81. The van der Waals surface area contributed by atoms with Crippen LogP contribution in [0, 0.1) is 0 Å². The van der Waals surface area contributed by atoms with E-state index in [1.165, 1.54) is 0 Å². The molecule has 0 aliphatic carbocycles. The van der Waals surface area contributed by atoms with Gasteiger partial charge < -0.3 is 20.4 Å². The molecule has 2 N–H and O–H groups in total. The Bertz CT molecular complexity index is 624. The molecule has 6 heteroatoms. The van der Waals surface area contributed by atoms with Gasteiger partial charge in [0, 0.05) is 61.5 Å². The van der Waals surface area contributed by atoms with Gasteiger partial charge in [-0.25, -0.2) is 0 Å². The fraction of sp³-hybridized carbons (Fsp3) is 0.600. The lowest BCUT2D eigenvalue weighted by Crippen LogP contribution is -2.56. The predicted octanol–water partition coefficient (Wildman–Crippen LogP) is 1.33. The van der Waals surface area contributed by atoms with E-state index in [0.29, 0.717) is 24.2 Å². The number of benzene rings is 1. The van der Waals surface area contributed by atoms with E-state index >= 15 is 0 Å². The maximum absolute atomic E-state index is 13.0. The topological polar surface area (TPSA) is 64.7 Å². The Kier molecular flexibility index (Phi) is 5.63. The number of carbonyl (C=O) groups is 2. The molecule has 3 rings (SSSR count). The highest BCUT2D eigenvalue weighted by Crippen LogP contribution is 2.17. The highest BCUT2D eigenvalue weighted by atomic mass is 16.2. The van der Waals surface area contributed by atoms with Crippen LogP contribution < -0.4 is 10.6 Å². The lowest BCUT2D eigenvalue weighted by atomic mass is 10.0. The fourth-order valence-corrected chi connectivity index (χ4v) is 3.73. The molecule has 2 amide bonds. The Hall–Kier alpha value is -1.92. The second kappa shape index (κ2) is 7.76. The summed E-state index contributed by atoms with van der Waals surface area (Å²) in [5.41, 5.74) is 1.18. The van der Waals surface area contributed by atoms with Crippen molar-refractivity contribution < 1.29 is 9.59 Å². The van der Waals surface area contributed by atoms with Gasteiger partial charge in [0.25, 0.3) is 11.8 Å². The summed E-state index contributed by atoms with van der Waals surface area (Å²) in [5, 5.41) is 6.78. The SMILES string of the molecule is CC1CN(C(=O)c2cccc(C(=O)N3CC(C)NCC3C)c2)C(C)CN1. The number of hydrogen-bond acceptors (Lipinski definition) is 4. The Labute approximate surface area is 155 Å². The molecule has 0 aromatic heterocycles. The minimum Gasteiger partial charge on any atom is -0.333 e. The number of carbonyl (C=O) groups excluding carboxylic acids is 2. The number of rotatable bonds is 2. The maximum atomic E-state index is 13.0. The predicted molar refractivity (Wildman–Crippen MR) is 102 cm³/mol. The molecular formula is C20H30N4O2. The van der Waals surface area contributed by atoms with Crippen LogP contribution >= 0.6 is 0 Å². The third-order valence-electron chi connectivity index (χ3n) is 5.41. The van der Waals surface area contributed by atoms with Gasteiger partial charge in [-0.05, 0) is 45.9 Å². The van der Waals surface area contributed by atoms with E-state index in [1.807, 2.05) is 28.0 Å². The first kappa shape index (κ1) is 18.9. The van der Waals surface area contributed by atoms with Crippen LogP contribution in [0.4, 0.5) is 0 Å². The van der Waals surface area contributed by atoms with Crippen molar-refractivity contribution in [1.29, 1.82) is 0 Å². The van der Waals surface area contributed by atoms with E-state index in [9.17, 15) is 9.59 Å². The molecule has 2 fully saturated rings. The summed E-state index contributed by atoms with van der Waals surface area (Å²) < 4.78 is 0. The van der Waals surface area contributed by atoms with Gasteiger partial charge in [0.15, 0.2) is 0 Å². The molecule has 26 heavy (non-hydrogen) atoms. The van der Waals surface area contributed by atoms with E-state index < -0.39 is 0 Å². The second-order valence-electron chi connectivity index (χ2n) is 7.81. The van der Waals surface area contributed by atoms with Gasteiger partial charge in [-0.15, -0.1) is 0 Å². The van der Waals surface area contributed by atoms with Crippen molar-refractivity contribution in [3.8, 4) is 0 Å². The smallest absolute Gasteiger partial charge is 0.254 e. The number of nitrogens with zero attached hydrogens (tertiary/aromatic N) is 2. The molecule has 0 radical (unpaired) electrons. The quantitative estimate of drug-likeness (QED) is 0.837. The molecule has 2 aliphatic rings. The van der Waals surface area contributed by atoms with Gasteiger partial charge in [-0.3, -0.25) is 9.59 Å². The standard InChI is InChI=1S/C20H30N4O2/c1-13-11-23(15(3)9-21-13)19(25)17-6-5-7-18(8-17)20(26)24-12-14(2)22-10-16(24)4/h5-8,13-16,21-22H,9-12H2,1-4H3. The molecule has 0 spiro atoms. The summed E-state index contributed by atoms with van der Waals surface area (Å²) in [4.78, 5) is 29.8. The van der Waals surface area contributed by atoms with Gasteiger partial charge in [-0.2, -0.15) is 0 Å². The molecule has 0 bridgehead atoms. The molecule has 2 heterocycles. The number of amides is 2. The number of hydrogen-bond donors (Lipinski definition) is 2. The van der Waals surface area contributed by atoms with Crippen LogP contribution in [-0.4, -0.2) is 72.0 Å². The van der Waals surface area contributed by atoms with Crippen molar-refractivity contribution in [2.75, 3.05) is 26.2 Å². The summed E-state index contributed by atoms with van der Waals surface area (Å²) in [6.07, 6.45) is 0. The fourth-order valence-electron chi connectivity index (χ4n) is 3.73. The van der Waals surface area contributed by atoms with E-state index in [4.69, 9.17) is 0 Å². The van der Waals surface area contributed by atoms with Gasteiger partial charge in [0.1, 0.15) is 0 Å². The Balaban J connectivity index is 1.79. The van der Waals surface area contributed by atoms with Crippen LogP contribution in [0.15, 0.2) is 24.3 Å². The molecule has 4 unspecified atom stereocenters. The lowest BCUT2D eigenvalue weighted by Gasteiger charge is -2.38. The van der Waals surface area contributed by atoms with E-state index in [1.54, 1.807) is 6.07 Å². The summed E-state index contributed by atoms with van der Waals surface area (Å²) in [5.74, 6) is 0.00412. The summed E-state index contributed by atoms with van der Waals surface area (Å²) >= 11 is 0. The van der Waals surface area contributed by atoms with Crippen molar-refractivity contribution in [3.05, 3.63) is 35.4 Å². The Morgan fingerprint density at radius 3 is 1.69 bits per heavy atom. The van der Waals surface area contributed by atoms with E-state index in [0.717, 1.165) is 13.1 Å². The first-order chi connectivity index (χ1) is 12.4. The molecule has 2 aliphatic heterocycles. The van der Waals surface area contributed by atoms with Crippen LogP contribution in [0.2, 0.25) is 0 Å². The van der Waals surface area contributed by atoms with Crippen molar-refractivity contribution >= 4 is 11.8 Å². The Morgan fingerprint density at radius 2 is 1.27 bits per heavy atom. The summed E-state index contributed by atoms with van der Waals surface area (Å²) in [6.45, 7) is 11.2. The number of nitrogens with one attached hydrogen (secondary N) is 2. The minimum atomic E-state index is 0.00206. The van der Waals surface area contributed by atoms with Gasteiger partial charge in [0.2, 0.25) is 0 Å². The first-order valence-electron chi connectivity index (χ1n) is 9.55. The zero-order chi connectivity index (χ0) is 18.8. The van der Waals surface area contributed by atoms with Crippen LogP contribution in [-0.2, 0) is 0 Å². The van der Waals surface area contributed by atoms with Crippen LogP contribution in [0.3, 0.4) is 0 Å². The summed E-state index contributed by atoms with van der Waals surface area (Å²) in [7, 11) is 0. The van der Waals surface area contributed by atoms with Gasteiger partial charge in [0.05, 0.1) is 0 Å². The average Bonchev–Trinajstić information content (AvgIpc) is 2.64. The molecular weight excluding hydrogens is 328 g/mol. The van der Waals surface area contributed by atoms with Gasteiger partial charge in [-0.1, -0.05) is 6.07 Å². The van der Waals surface area contributed by atoms with Crippen LogP contribution in [0.1, 0.15) is 48.4 Å². The zero-order valence-electron chi connectivity index (χ0n) is 16.2. The van der Waals surface area contributed by atoms with Crippen LogP contribution in [0.25, 0.3) is 0 Å². The van der Waals surface area contributed by atoms with E-state index in [2.05, 4.69) is 38.3 Å². The zero-order valence-corrected chi connectivity index (χ0v) is 16.2. The molecule has 4 atom stereocenters. The Morgan fingerprint density at radius 1 is 0.846 bits per heavy atom. The molecule has 0 saturated carbocycles.